The lowest BCUT2D eigenvalue weighted by atomic mass is 10.1. The predicted molar refractivity (Wildman–Crippen MR) is 97.5 cm³/mol. The number of rotatable bonds is 6. The van der Waals surface area contributed by atoms with Crippen LogP contribution in [0.25, 0.3) is 0 Å². The fraction of sp³-hybridized carbons (Fsp3) is 0.182. The van der Waals surface area contributed by atoms with E-state index in [0.29, 0.717) is 13.2 Å². The fourth-order valence-electron chi connectivity index (χ4n) is 2.51. The Morgan fingerprint density at radius 1 is 0.625 bits per heavy atom. The first kappa shape index (κ1) is 16.1. The van der Waals surface area contributed by atoms with E-state index in [1.807, 2.05) is 42.5 Å². The van der Waals surface area contributed by atoms with Gasteiger partial charge in [-0.3, -0.25) is 0 Å². The average Bonchev–Trinajstić information content (AvgIpc) is 2.61. The standard InChI is InChI=1S/C22H22O2/c1-17-11-13-21(14-12-17)23-15-19-8-4-5-9-20(19)16-24-22-10-6-3-7-18(22)2/h3-14H,15-16H2,1-2H3. The minimum absolute atomic E-state index is 0.538. The van der Waals surface area contributed by atoms with Crippen LogP contribution in [0.2, 0.25) is 0 Å². The number of benzene rings is 3. The van der Waals surface area contributed by atoms with Crippen molar-refractivity contribution < 1.29 is 9.47 Å². The Kier molecular flexibility index (Phi) is 5.17. The maximum atomic E-state index is 5.98. The highest BCUT2D eigenvalue weighted by atomic mass is 16.5. The van der Waals surface area contributed by atoms with Crippen LogP contribution < -0.4 is 9.47 Å². The summed E-state index contributed by atoms with van der Waals surface area (Å²) < 4.78 is 11.9. The Balaban J connectivity index is 1.66. The second-order valence-electron chi connectivity index (χ2n) is 5.92. The van der Waals surface area contributed by atoms with Crippen LogP contribution in [0.3, 0.4) is 0 Å². The lowest BCUT2D eigenvalue weighted by Gasteiger charge is -2.13. The SMILES string of the molecule is Cc1ccc(OCc2ccccc2COc2ccccc2C)cc1. The summed E-state index contributed by atoms with van der Waals surface area (Å²) in [7, 11) is 0. The van der Waals surface area contributed by atoms with Crippen molar-refractivity contribution >= 4 is 0 Å². The van der Waals surface area contributed by atoms with Crippen LogP contribution in [0, 0.1) is 13.8 Å². The molecule has 0 radical (unpaired) electrons. The summed E-state index contributed by atoms with van der Waals surface area (Å²) in [4.78, 5) is 0. The van der Waals surface area contributed by atoms with Gasteiger partial charge in [-0.1, -0.05) is 60.2 Å². The van der Waals surface area contributed by atoms with E-state index in [9.17, 15) is 0 Å². The predicted octanol–water partition coefficient (Wildman–Crippen LogP) is 5.46. The van der Waals surface area contributed by atoms with Gasteiger partial charge in [0.15, 0.2) is 0 Å². The van der Waals surface area contributed by atoms with Crippen molar-refractivity contribution in [2.75, 3.05) is 0 Å². The second-order valence-corrected chi connectivity index (χ2v) is 5.92. The first-order valence-electron chi connectivity index (χ1n) is 8.17. The van der Waals surface area contributed by atoms with Gasteiger partial charge in [-0.2, -0.15) is 0 Å². The summed E-state index contributed by atoms with van der Waals surface area (Å²) in [6.45, 7) is 5.21. The molecule has 3 aromatic rings. The quantitative estimate of drug-likeness (QED) is 0.600. The van der Waals surface area contributed by atoms with Gasteiger partial charge in [0.2, 0.25) is 0 Å². The third-order valence-electron chi connectivity index (χ3n) is 4.01. The van der Waals surface area contributed by atoms with Crippen molar-refractivity contribution in [3.05, 3.63) is 95.1 Å². The molecule has 3 rings (SSSR count). The summed E-state index contributed by atoms with van der Waals surface area (Å²) in [5, 5.41) is 0. The van der Waals surface area contributed by atoms with Crippen LogP contribution in [0.15, 0.2) is 72.8 Å². The number of para-hydroxylation sites is 1. The van der Waals surface area contributed by atoms with Gasteiger partial charge in [0.1, 0.15) is 24.7 Å². The Morgan fingerprint density at radius 2 is 1.21 bits per heavy atom. The van der Waals surface area contributed by atoms with Crippen LogP contribution in [-0.4, -0.2) is 0 Å². The Hall–Kier alpha value is -2.74. The van der Waals surface area contributed by atoms with Crippen molar-refractivity contribution in [2.24, 2.45) is 0 Å². The van der Waals surface area contributed by atoms with Crippen molar-refractivity contribution in [3.8, 4) is 11.5 Å². The molecule has 122 valence electrons. The van der Waals surface area contributed by atoms with Crippen molar-refractivity contribution in [1.82, 2.24) is 0 Å². The molecule has 0 bridgehead atoms. The molecular formula is C22H22O2. The smallest absolute Gasteiger partial charge is 0.122 e. The normalized spacial score (nSPS) is 10.4. The molecule has 0 saturated heterocycles. The molecule has 0 fully saturated rings. The lowest BCUT2D eigenvalue weighted by molar-refractivity contribution is 0.284. The molecular weight excluding hydrogens is 296 g/mol. The molecule has 0 aliphatic carbocycles. The summed E-state index contributed by atoms with van der Waals surface area (Å²) >= 11 is 0. The Morgan fingerprint density at radius 3 is 1.88 bits per heavy atom. The molecule has 0 heterocycles. The van der Waals surface area contributed by atoms with Gasteiger partial charge in [0, 0.05) is 0 Å². The molecule has 2 heteroatoms. The molecule has 3 aromatic carbocycles. The minimum atomic E-state index is 0.538. The molecule has 0 amide bonds. The Bertz CT molecular complexity index is 791. The van der Waals surface area contributed by atoms with Gasteiger partial charge in [-0.25, -0.2) is 0 Å². The molecule has 0 spiro atoms. The molecule has 0 aromatic heterocycles. The van der Waals surface area contributed by atoms with E-state index in [-0.39, 0.29) is 0 Å². The molecule has 0 aliphatic heterocycles. The van der Waals surface area contributed by atoms with E-state index in [1.165, 1.54) is 5.56 Å². The van der Waals surface area contributed by atoms with E-state index >= 15 is 0 Å². The summed E-state index contributed by atoms with van der Waals surface area (Å²) in [5.74, 6) is 1.81. The van der Waals surface area contributed by atoms with Gasteiger partial charge < -0.3 is 9.47 Å². The minimum Gasteiger partial charge on any atom is -0.489 e. The monoisotopic (exact) mass is 318 g/mol. The summed E-state index contributed by atoms with van der Waals surface area (Å²) in [5.41, 5.74) is 4.67. The van der Waals surface area contributed by atoms with Gasteiger partial charge in [-0.05, 0) is 48.7 Å². The number of ether oxygens (including phenoxy) is 2. The Labute approximate surface area is 143 Å². The van der Waals surface area contributed by atoms with Crippen LogP contribution >= 0.6 is 0 Å². The van der Waals surface area contributed by atoms with E-state index in [2.05, 4.69) is 44.2 Å². The van der Waals surface area contributed by atoms with Gasteiger partial charge in [-0.15, -0.1) is 0 Å². The highest BCUT2D eigenvalue weighted by Crippen LogP contribution is 2.20. The lowest BCUT2D eigenvalue weighted by Crippen LogP contribution is -2.04. The molecule has 0 aliphatic rings. The molecule has 0 unspecified atom stereocenters. The van der Waals surface area contributed by atoms with E-state index in [0.717, 1.165) is 28.2 Å². The van der Waals surface area contributed by atoms with Crippen LogP contribution in [0.1, 0.15) is 22.3 Å². The van der Waals surface area contributed by atoms with Crippen molar-refractivity contribution in [2.45, 2.75) is 27.1 Å². The van der Waals surface area contributed by atoms with Gasteiger partial charge in [0.25, 0.3) is 0 Å². The molecule has 0 N–H and O–H groups in total. The average molecular weight is 318 g/mol. The van der Waals surface area contributed by atoms with Crippen molar-refractivity contribution in [1.29, 1.82) is 0 Å². The van der Waals surface area contributed by atoms with Gasteiger partial charge in [0.05, 0.1) is 0 Å². The first-order chi connectivity index (χ1) is 11.7. The van der Waals surface area contributed by atoms with Crippen molar-refractivity contribution in [3.63, 3.8) is 0 Å². The first-order valence-corrected chi connectivity index (χ1v) is 8.17. The molecule has 24 heavy (non-hydrogen) atoms. The summed E-state index contributed by atoms with van der Waals surface area (Å²) in [6, 6.07) is 24.4. The third-order valence-corrected chi connectivity index (χ3v) is 4.01. The zero-order chi connectivity index (χ0) is 16.8. The fourth-order valence-corrected chi connectivity index (χ4v) is 2.51. The van der Waals surface area contributed by atoms with Crippen LogP contribution in [0.5, 0.6) is 11.5 Å². The maximum Gasteiger partial charge on any atom is 0.122 e. The zero-order valence-electron chi connectivity index (χ0n) is 14.2. The van der Waals surface area contributed by atoms with Crippen LogP contribution in [0.4, 0.5) is 0 Å². The largest absolute Gasteiger partial charge is 0.489 e. The second kappa shape index (κ2) is 7.69. The highest BCUT2D eigenvalue weighted by molar-refractivity contribution is 5.33. The third kappa shape index (κ3) is 4.17. The summed E-state index contributed by atoms with van der Waals surface area (Å²) in [6.07, 6.45) is 0. The van der Waals surface area contributed by atoms with Crippen LogP contribution in [-0.2, 0) is 13.2 Å². The highest BCUT2D eigenvalue weighted by Gasteiger charge is 2.05. The van der Waals surface area contributed by atoms with E-state index < -0.39 is 0 Å². The number of aryl methyl sites for hydroxylation is 2. The molecule has 0 saturated carbocycles. The zero-order valence-corrected chi connectivity index (χ0v) is 14.2. The maximum absolute atomic E-state index is 5.98. The molecule has 0 atom stereocenters. The molecule has 2 nitrogen and oxygen atoms in total. The van der Waals surface area contributed by atoms with E-state index in [1.54, 1.807) is 0 Å². The topological polar surface area (TPSA) is 18.5 Å². The van der Waals surface area contributed by atoms with E-state index in [4.69, 9.17) is 9.47 Å². The number of hydrogen-bond donors (Lipinski definition) is 0. The van der Waals surface area contributed by atoms with Gasteiger partial charge >= 0.3 is 0 Å². The number of hydrogen-bond acceptors (Lipinski definition) is 2.